The van der Waals surface area contributed by atoms with Crippen LogP contribution in [0, 0.1) is 11.6 Å². The van der Waals surface area contributed by atoms with Crippen LogP contribution in [-0.2, 0) is 0 Å². The average Bonchev–Trinajstić information content (AvgIpc) is 3.33. The van der Waals surface area contributed by atoms with Gasteiger partial charge >= 0.3 is 0 Å². The first kappa shape index (κ1) is 23.7. The molecule has 192 valence electrons. The van der Waals surface area contributed by atoms with E-state index in [2.05, 4.69) is 26.7 Å². The van der Waals surface area contributed by atoms with E-state index in [9.17, 15) is 8.78 Å². The number of nitrogens with zero attached hydrogens (tertiary/aromatic N) is 3. The zero-order valence-electron chi connectivity index (χ0n) is 20.9. The topological polar surface area (TPSA) is 75.5 Å². The third kappa shape index (κ3) is 4.59. The van der Waals surface area contributed by atoms with E-state index < -0.39 is 11.6 Å². The van der Waals surface area contributed by atoms with Crippen molar-refractivity contribution in [2.75, 3.05) is 36.5 Å². The molecule has 4 heterocycles. The van der Waals surface area contributed by atoms with Crippen molar-refractivity contribution in [3.05, 3.63) is 60.0 Å². The fraction of sp³-hybridized carbons (Fsp3) is 0.357. The van der Waals surface area contributed by atoms with Crippen LogP contribution in [0.2, 0.25) is 0 Å². The highest BCUT2D eigenvalue weighted by Crippen LogP contribution is 2.39. The van der Waals surface area contributed by atoms with Crippen LogP contribution >= 0.6 is 0 Å². The summed E-state index contributed by atoms with van der Waals surface area (Å²) in [4.78, 5) is 10.6. The van der Waals surface area contributed by atoms with Gasteiger partial charge in [-0.15, -0.1) is 0 Å². The van der Waals surface area contributed by atoms with E-state index in [1.165, 1.54) is 6.07 Å². The number of halogens is 2. The Morgan fingerprint density at radius 2 is 1.92 bits per heavy atom. The van der Waals surface area contributed by atoms with E-state index in [1.807, 2.05) is 36.9 Å². The number of fused-ring (bicyclic) bond motifs is 2. The second-order valence-electron chi connectivity index (χ2n) is 9.88. The molecule has 0 aliphatic carbocycles. The predicted molar refractivity (Wildman–Crippen MR) is 140 cm³/mol. The number of ether oxygens (including phenoxy) is 1. The second-order valence-corrected chi connectivity index (χ2v) is 9.88. The van der Waals surface area contributed by atoms with Crippen LogP contribution in [-0.4, -0.2) is 42.3 Å². The van der Waals surface area contributed by atoms with Crippen LogP contribution < -0.4 is 20.3 Å². The van der Waals surface area contributed by atoms with E-state index in [4.69, 9.17) is 9.15 Å². The van der Waals surface area contributed by atoms with Crippen molar-refractivity contribution in [1.29, 1.82) is 0 Å². The molecule has 2 aliphatic rings. The van der Waals surface area contributed by atoms with Crippen LogP contribution in [0.15, 0.2) is 47.0 Å². The number of furan rings is 1. The number of piperidine rings is 1. The Balaban J connectivity index is 1.30. The molecule has 1 saturated heterocycles. The van der Waals surface area contributed by atoms with Gasteiger partial charge in [-0.05, 0) is 76.2 Å². The number of hydrogen-bond acceptors (Lipinski definition) is 7. The molecule has 0 spiro atoms. The first-order valence-electron chi connectivity index (χ1n) is 12.7. The van der Waals surface area contributed by atoms with E-state index in [0.29, 0.717) is 30.3 Å². The van der Waals surface area contributed by atoms with Crippen molar-refractivity contribution in [2.24, 2.45) is 0 Å². The molecule has 0 atom stereocenters. The highest BCUT2D eigenvalue weighted by atomic mass is 19.1. The van der Waals surface area contributed by atoms with Gasteiger partial charge in [0.15, 0.2) is 17.4 Å². The largest absolute Gasteiger partial charge is 0.486 e. The second kappa shape index (κ2) is 9.63. The third-order valence-corrected chi connectivity index (χ3v) is 7.09. The molecular weight excluding hydrogens is 476 g/mol. The first-order valence-corrected chi connectivity index (χ1v) is 12.7. The summed E-state index contributed by atoms with van der Waals surface area (Å²) in [5, 5.41) is 7.51. The smallest absolute Gasteiger partial charge is 0.227 e. The van der Waals surface area contributed by atoms with E-state index in [-0.39, 0.29) is 23.4 Å². The molecule has 0 bridgehead atoms. The molecule has 0 amide bonds. The van der Waals surface area contributed by atoms with Gasteiger partial charge in [-0.1, -0.05) is 0 Å². The lowest BCUT2D eigenvalue weighted by molar-refractivity contribution is 0.287. The van der Waals surface area contributed by atoms with Crippen molar-refractivity contribution >= 4 is 28.3 Å². The van der Waals surface area contributed by atoms with Gasteiger partial charge < -0.3 is 24.7 Å². The number of rotatable bonds is 5. The molecule has 2 aromatic carbocycles. The molecule has 0 radical (unpaired) electrons. The minimum Gasteiger partial charge on any atom is -0.486 e. The molecule has 2 aromatic heterocycles. The van der Waals surface area contributed by atoms with Gasteiger partial charge in [-0.3, -0.25) is 0 Å². The van der Waals surface area contributed by atoms with Crippen LogP contribution in [0.1, 0.15) is 38.4 Å². The van der Waals surface area contributed by atoms with Gasteiger partial charge in [0.2, 0.25) is 5.95 Å². The summed E-state index contributed by atoms with van der Waals surface area (Å²) in [6, 6.07) is 11.0. The molecule has 37 heavy (non-hydrogen) atoms. The molecule has 0 unspecified atom stereocenters. The maximum Gasteiger partial charge on any atom is 0.227 e. The fourth-order valence-corrected chi connectivity index (χ4v) is 5.18. The summed E-state index contributed by atoms with van der Waals surface area (Å²) in [6.45, 7) is 7.07. The summed E-state index contributed by atoms with van der Waals surface area (Å²) in [5.74, 6) is 0.654. The van der Waals surface area contributed by atoms with Crippen molar-refractivity contribution in [1.82, 2.24) is 15.3 Å². The van der Waals surface area contributed by atoms with Gasteiger partial charge in [-0.25, -0.2) is 18.7 Å². The Morgan fingerprint density at radius 3 is 2.73 bits per heavy atom. The Labute approximate surface area is 213 Å². The fourth-order valence-electron chi connectivity index (χ4n) is 5.18. The first-order chi connectivity index (χ1) is 18.0. The van der Waals surface area contributed by atoms with Gasteiger partial charge in [0.25, 0.3) is 0 Å². The summed E-state index contributed by atoms with van der Waals surface area (Å²) < 4.78 is 41.5. The van der Waals surface area contributed by atoms with E-state index in [0.717, 1.165) is 54.5 Å². The molecule has 9 heteroatoms. The van der Waals surface area contributed by atoms with Crippen LogP contribution in [0.5, 0.6) is 5.75 Å². The Bertz CT molecular complexity index is 1450. The van der Waals surface area contributed by atoms with Crippen molar-refractivity contribution in [3.63, 3.8) is 0 Å². The molecule has 7 nitrogen and oxygen atoms in total. The summed E-state index contributed by atoms with van der Waals surface area (Å²) >= 11 is 0. The van der Waals surface area contributed by atoms with Gasteiger partial charge in [-0.2, -0.15) is 0 Å². The predicted octanol–water partition coefficient (Wildman–Crippen LogP) is 5.99. The normalized spacial score (nSPS) is 16.2. The molecule has 0 saturated carbocycles. The monoisotopic (exact) mass is 505 g/mol. The van der Waals surface area contributed by atoms with Crippen LogP contribution in [0.3, 0.4) is 0 Å². The van der Waals surface area contributed by atoms with Crippen LogP contribution in [0.25, 0.3) is 22.2 Å². The summed E-state index contributed by atoms with van der Waals surface area (Å²) in [6.07, 6.45) is 3.22. The van der Waals surface area contributed by atoms with Gasteiger partial charge in [0.1, 0.15) is 23.6 Å². The van der Waals surface area contributed by atoms with Crippen LogP contribution in [0.4, 0.5) is 26.1 Å². The lowest BCUT2D eigenvalue weighted by Crippen LogP contribution is -2.38. The number of anilines is 3. The minimum atomic E-state index is -0.630. The maximum absolute atomic E-state index is 15.0. The maximum atomic E-state index is 15.0. The Kier molecular flexibility index (Phi) is 6.16. The molecule has 2 N–H and O–H groups in total. The highest BCUT2D eigenvalue weighted by Gasteiger charge is 2.26. The Morgan fingerprint density at radius 1 is 1.08 bits per heavy atom. The van der Waals surface area contributed by atoms with E-state index in [1.54, 1.807) is 6.07 Å². The lowest BCUT2D eigenvalue weighted by atomic mass is 9.95. The standard InChI is InChI=1S/C28H29F2N5O2/c1-16(2)35-9-10-36-27-21(29)12-19(13-23(27)35)26-22(30)15-32-28(34-26)33-20-3-4-24-18(11-20)14-25(37-24)17-5-7-31-8-6-17/h3-4,11-17,31H,5-10H2,1-2H3,(H,32,33,34). The van der Waals surface area contributed by atoms with Crippen molar-refractivity contribution in [3.8, 4) is 17.0 Å². The SMILES string of the molecule is CC(C)N1CCOc2c(F)cc(-c3nc(Nc4ccc5oc(C6CCNCC6)cc5c4)ncc3F)cc21. The Hall–Kier alpha value is -3.72. The number of hydrogen-bond donors (Lipinski definition) is 2. The number of benzene rings is 2. The van der Waals surface area contributed by atoms with Crippen molar-refractivity contribution < 1.29 is 17.9 Å². The van der Waals surface area contributed by atoms with Gasteiger partial charge in [0, 0.05) is 28.6 Å². The van der Waals surface area contributed by atoms with Crippen molar-refractivity contribution in [2.45, 2.75) is 38.6 Å². The lowest BCUT2D eigenvalue weighted by Gasteiger charge is -2.34. The van der Waals surface area contributed by atoms with E-state index >= 15 is 0 Å². The summed E-state index contributed by atoms with van der Waals surface area (Å²) in [5.41, 5.74) is 2.51. The zero-order valence-corrected chi connectivity index (χ0v) is 20.9. The molecule has 4 aromatic rings. The highest BCUT2D eigenvalue weighted by molar-refractivity contribution is 5.83. The summed E-state index contributed by atoms with van der Waals surface area (Å²) in [7, 11) is 0. The minimum absolute atomic E-state index is 0.0195. The zero-order chi connectivity index (χ0) is 25.5. The average molecular weight is 506 g/mol. The molecule has 6 rings (SSSR count). The third-order valence-electron chi connectivity index (χ3n) is 7.09. The quantitative estimate of drug-likeness (QED) is 0.345. The van der Waals surface area contributed by atoms with Gasteiger partial charge in [0.05, 0.1) is 18.4 Å². The molecular formula is C28H29F2N5O2. The number of aromatic nitrogens is 2. The number of nitrogens with one attached hydrogen (secondary N) is 2. The molecule has 2 aliphatic heterocycles. The molecule has 1 fully saturated rings.